The maximum absolute atomic E-state index is 13.3. The lowest BCUT2D eigenvalue weighted by Crippen LogP contribution is -2.40. The fraction of sp³-hybridized carbons (Fsp3) is 0.458. The summed E-state index contributed by atoms with van der Waals surface area (Å²) in [5.41, 5.74) is 0.827. The SMILES string of the molecule is COc1ccc2c(c1)C(O)C(NC(=O)Nc1cc(C(C)(C)C)cc([C@@H](O)C(F)(F)F)c1OC)C2. The van der Waals surface area contributed by atoms with Gasteiger partial charge in [-0.15, -0.1) is 0 Å². The molecular formula is C24H29F3N2O5. The van der Waals surface area contributed by atoms with Crippen molar-refractivity contribution in [3.63, 3.8) is 0 Å². The Morgan fingerprint density at radius 2 is 1.79 bits per heavy atom. The highest BCUT2D eigenvalue weighted by atomic mass is 19.4. The van der Waals surface area contributed by atoms with Crippen LogP contribution in [-0.4, -0.2) is 42.7 Å². The van der Waals surface area contributed by atoms with Crippen LogP contribution in [0.25, 0.3) is 0 Å². The van der Waals surface area contributed by atoms with E-state index in [0.29, 0.717) is 23.3 Å². The number of alkyl halides is 3. The Kier molecular flexibility index (Phi) is 7.05. The molecule has 2 aromatic carbocycles. The van der Waals surface area contributed by atoms with Gasteiger partial charge in [0.1, 0.15) is 11.5 Å². The molecule has 0 aliphatic heterocycles. The largest absolute Gasteiger partial charge is 0.497 e. The van der Waals surface area contributed by atoms with E-state index < -0.39 is 41.4 Å². The lowest BCUT2D eigenvalue weighted by molar-refractivity contribution is -0.207. The average Bonchev–Trinajstić information content (AvgIpc) is 3.05. The molecule has 7 nitrogen and oxygen atoms in total. The van der Waals surface area contributed by atoms with E-state index in [9.17, 15) is 28.2 Å². The van der Waals surface area contributed by atoms with E-state index in [-0.39, 0.29) is 11.4 Å². The van der Waals surface area contributed by atoms with Gasteiger partial charge in [-0.3, -0.25) is 0 Å². The lowest BCUT2D eigenvalue weighted by Gasteiger charge is -2.26. The van der Waals surface area contributed by atoms with Crippen LogP contribution in [0.5, 0.6) is 11.5 Å². The van der Waals surface area contributed by atoms with Crippen molar-refractivity contribution in [2.45, 2.75) is 57.0 Å². The summed E-state index contributed by atoms with van der Waals surface area (Å²) in [6.45, 7) is 5.38. The van der Waals surface area contributed by atoms with Gasteiger partial charge in [-0.2, -0.15) is 13.2 Å². The number of rotatable bonds is 5. The number of carbonyl (C=O) groups is 1. The third-order valence-electron chi connectivity index (χ3n) is 5.85. The van der Waals surface area contributed by atoms with Crippen molar-refractivity contribution in [1.29, 1.82) is 0 Å². The van der Waals surface area contributed by atoms with Gasteiger partial charge >= 0.3 is 12.2 Å². The first-order valence-corrected chi connectivity index (χ1v) is 10.7. The summed E-state index contributed by atoms with van der Waals surface area (Å²) in [6.07, 6.45) is -8.34. The summed E-state index contributed by atoms with van der Waals surface area (Å²) in [7, 11) is 2.67. The second-order valence-electron chi connectivity index (χ2n) is 9.26. The van der Waals surface area contributed by atoms with Gasteiger partial charge in [-0.05, 0) is 52.8 Å². The summed E-state index contributed by atoms with van der Waals surface area (Å²) < 4.78 is 50.3. The quantitative estimate of drug-likeness (QED) is 0.507. The molecular weight excluding hydrogens is 453 g/mol. The van der Waals surface area contributed by atoms with Crippen LogP contribution in [0.15, 0.2) is 30.3 Å². The van der Waals surface area contributed by atoms with Crippen LogP contribution < -0.4 is 20.1 Å². The average molecular weight is 482 g/mol. The lowest BCUT2D eigenvalue weighted by atomic mass is 9.84. The van der Waals surface area contributed by atoms with E-state index in [1.807, 2.05) is 0 Å². The van der Waals surface area contributed by atoms with E-state index in [1.165, 1.54) is 19.2 Å². The third kappa shape index (κ3) is 5.23. The molecule has 1 aliphatic carbocycles. The van der Waals surface area contributed by atoms with Crippen LogP contribution in [0, 0.1) is 0 Å². The molecule has 3 atom stereocenters. The Labute approximate surface area is 195 Å². The Balaban J connectivity index is 1.89. The van der Waals surface area contributed by atoms with Crippen molar-refractivity contribution in [3.05, 3.63) is 52.6 Å². The number of hydrogen-bond donors (Lipinski definition) is 4. The van der Waals surface area contributed by atoms with Crippen molar-refractivity contribution in [2.75, 3.05) is 19.5 Å². The monoisotopic (exact) mass is 482 g/mol. The molecule has 0 fully saturated rings. The number of urea groups is 1. The van der Waals surface area contributed by atoms with Gasteiger partial charge in [0.05, 0.1) is 32.1 Å². The smallest absolute Gasteiger partial charge is 0.418 e. The molecule has 0 bridgehead atoms. The molecule has 0 saturated heterocycles. The Morgan fingerprint density at radius 1 is 1.12 bits per heavy atom. The second kappa shape index (κ2) is 9.34. The molecule has 1 aliphatic rings. The van der Waals surface area contributed by atoms with E-state index >= 15 is 0 Å². The molecule has 0 saturated carbocycles. The predicted octanol–water partition coefficient (Wildman–Crippen LogP) is 4.38. The van der Waals surface area contributed by atoms with Gasteiger partial charge in [0.25, 0.3) is 0 Å². The summed E-state index contributed by atoms with van der Waals surface area (Å²) in [5.74, 6) is 0.273. The fourth-order valence-electron chi connectivity index (χ4n) is 3.97. The number of fused-ring (bicyclic) bond motifs is 1. The Morgan fingerprint density at radius 3 is 2.35 bits per heavy atom. The molecule has 0 radical (unpaired) electrons. The van der Waals surface area contributed by atoms with Gasteiger partial charge in [-0.25, -0.2) is 4.79 Å². The van der Waals surface area contributed by atoms with Crippen molar-refractivity contribution in [1.82, 2.24) is 5.32 Å². The van der Waals surface area contributed by atoms with Crippen LogP contribution in [0.2, 0.25) is 0 Å². The zero-order chi connectivity index (χ0) is 25.4. The summed E-state index contributed by atoms with van der Waals surface area (Å²) in [6, 6.07) is 6.60. The predicted molar refractivity (Wildman–Crippen MR) is 120 cm³/mol. The Bertz CT molecular complexity index is 1070. The first-order valence-electron chi connectivity index (χ1n) is 10.7. The highest BCUT2D eigenvalue weighted by Crippen LogP contribution is 2.43. The molecule has 2 amide bonds. The number of aliphatic hydroxyl groups excluding tert-OH is 2. The van der Waals surface area contributed by atoms with E-state index in [0.717, 1.165) is 12.7 Å². The first kappa shape index (κ1) is 25.6. The highest BCUT2D eigenvalue weighted by Gasteiger charge is 2.42. The highest BCUT2D eigenvalue weighted by molar-refractivity contribution is 5.92. The standard InChI is InChI=1S/C24H29F3N2O5/c1-23(2,3)13-9-16(21(31)24(25,26)27)20(34-5)18(10-13)29-22(32)28-17-8-12-6-7-14(33-4)11-15(12)19(17)30/h6-7,9-11,17,19,21,30-31H,8H2,1-5H3,(H2,28,29,32)/t17?,19?,21-/m1/s1. The van der Waals surface area contributed by atoms with Crippen LogP contribution in [-0.2, 0) is 11.8 Å². The van der Waals surface area contributed by atoms with Gasteiger partial charge in [0.15, 0.2) is 6.10 Å². The number of nitrogens with one attached hydrogen (secondary N) is 2. The molecule has 0 heterocycles. The van der Waals surface area contributed by atoms with Crippen LogP contribution in [0.1, 0.15) is 55.2 Å². The van der Waals surface area contributed by atoms with Gasteiger partial charge < -0.3 is 30.3 Å². The minimum atomic E-state index is -4.93. The van der Waals surface area contributed by atoms with Crippen LogP contribution in [0.4, 0.5) is 23.7 Å². The zero-order valence-corrected chi connectivity index (χ0v) is 19.6. The van der Waals surface area contributed by atoms with Crippen molar-refractivity contribution >= 4 is 11.7 Å². The number of ether oxygens (including phenoxy) is 2. The van der Waals surface area contributed by atoms with Crippen molar-refractivity contribution in [3.8, 4) is 11.5 Å². The van der Waals surface area contributed by atoms with Crippen molar-refractivity contribution in [2.24, 2.45) is 0 Å². The van der Waals surface area contributed by atoms with Crippen LogP contribution in [0.3, 0.4) is 0 Å². The maximum Gasteiger partial charge on any atom is 0.418 e. The van der Waals surface area contributed by atoms with Gasteiger partial charge in [0, 0.05) is 5.56 Å². The fourth-order valence-corrected chi connectivity index (χ4v) is 3.97. The minimum absolute atomic E-state index is 0.0302. The van der Waals surface area contributed by atoms with Crippen LogP contribution >= 0.6 is 0 Å². The molecule has 4 N–H and O–H groups in total. The number of halogens is 3. The zero-order valence-electron chi connectivity index (χ0n) is 19.6. The Hall–Kier alpha value is -2.98. The molecule has 0 spiro atoms. The van der Waals surface area contributed by atoms with Gasteiger partial charge in [-0.1, -0.05) is 26.8 Å². The number of aliphatic hydroxyl groups is 2. The molecule has 34 heavy (non-hydrogen) atoms. The second-order valence-corrected chi connectivity index (χ2v) is 9.26. The number of hydrogen-bond acceptors (Lipinski definition) is 5. The minimum Gasteiger partial charge on any atom is -0.497 e. The molecule has 0 aromatic heterocycles. The molecule has 10 heteroatoms. The van der Waals surface area contributed by atoms with Crippen molar-refractivity contribution < 1.29 is 37.7 Å². The molecule has 3 rings (SSSR count). The normalized spacial score (nSPS) is 18.8. The number of carbonyl (C=O) groups excluding carboxylic acids is 1. The summed E-state index contributed by atoms with van der Waals surface area (Å²) >= 11 is 0. The molecule has 186 valence electrons. The topological polar surface area (TPSA) is 100 Å². The summed E-state index contributed by atoms with van der Waals surface area (Å²) in [4.78, 5) is 12.8. The summed E-state index contributed by atoms with van der Waals surface area (Å²) in [5, 5.41) is 25.8. The van der Waals surface area contributed by atoms with E-state index in [2.05, 4.69) is 10.6 Å². The maximum atomic E-state index is 13.3. The van der Waals surface area contributed by atoms with E-state index in [1.54, 1.807) is 39.0 Å². The number of methoxy groups -OCH3 is 2. The first-order chi connectivity index (χ1) is 15.8. The number of anilines is 1. The van der Waals surface area contributed by atoms with E-state index in [4.69, 9.17) is 9.47 Å². The molecule has 2 aromatic rings. The van der Waals surface area contributed by atoms with Gasteiger partial charge in [0.2, 0.25) is 0 Å². The number of benzene rings is 2. The third-order valence-corrected chi connectivity index (χ3v) is 5.85. The number of amides is 2. The molecule has 2 unspecified atom stereocenters.